The van der Waals surface area contributed by atoms with Crippen LogP contribution in [0.3, 0.4) is 0 Å². The van der Waals surface area contributed by atoms with E-state index in [1.807, 2.05) is 12.1 Å². The Balaban J connectivity index is 2.21. The second-order valence-corrected chi connectivity index (χ2v) is 5.21. The van der Waals surface area contributed by atoms with Crippen LogP contribution in [0.4, 0.5) is 0 Å². The number of allylic oxidation sites excluding steroid dienone is 4. The van der Waals surface area contributed by atoms with E-state index in [9.17, 15) is 0 Å². The van der Waals surface area contributed by atoms with Crippen molar-refractivity contribution in [2.45, 2.75) is 12.8 Å². The van der Waals surface area contributed by atoms with E-state index in [-0.39, 0.29) is 0 Å². The molecule has 1 aromatic carbocycles. The molecule has 0 nitrogen and oxygen atoms in total. The van der Waals surface area contributed by atoms with Crippen molar-refractivity contribution in [2.75, 3.05) is 0 Å². The molecule has 1 aromatic heterocycles. The zero-order chi connectivity index (χ0) is 11.0. The standard InChI is InChI=1S/C14H11ClS/c15-13-8-4-7-11-12(9-16-14(11)13)10-5-2-1-3-6-10/h1-2,4-5,7-9H,3,6H2. The van der Waals surface area contributed by atoms with Gasteiger partial charge in [0.15, 0.2) is 0 Å². The average molecular weight is 247 g/mol. The van der Waals surface area contributed by atoms with Crippen LogP contribution >= 0.6 is 22.9 Å². The molecule has 1 heterocycles. The predicted molar refractivity (Wildman–Crippen MR) is 73.2 cm³/mol. The molecule has 0 N–H and O–H groups in total. The summed E-state index contributed by atoms with van der Waals surface area (Å²) in [5, 5.41) is 4.38. The van der Waals surface area contributed by atoms with Crippen molar-refractivity contribution in [2.24, 2.45) is 0 Å². The van der Waals surface area contributed by atoms with Crippen molar-refractivity contribution in [3.05, 3.63) is 52.4 Å². The quantitative estimate of drug-likeness (QED) is 0.642. The molecule has 0 spiro atoms. The topological polar surface area (TPSA) is 0 Å². The summed E-state index contributed by atoms with van der Waals surface area (Å²) in [5.41, 5.74) is 2.78. The maximum absolute atomic E-state index is 6.19. The first-order valence-corrected chi connectivity index (χ1v) is 6.64. The Labute approximate surface area is 104 Å². The zero-order valence-corrected chi connectivity index (χ0v) is 10.3. The van der Waals surface area contributed by atoms with Crippen molar-refractivity contribution in [1.29, 1.82) is 0 Å². The lowest BCUT2D eigenvalue weighted by Crippen LogP contribution is -1.85. The van der Waals surface area contributed by atoms with Gasteiger partial charge in [0, 0.05) is 5.39 Å². The number of thiophene rings is 1. The van der Waals surface area contributed by atoms with Gasteiger partial charge in [-0.25, -0.2) is 0 Å². The van der Waals surface area contributed by atoms with Crippen molar-refractivity contribution >= 4 is 38.6 Å². The first kappa shape index (κ1) is 10.1. The van der Waals surface area contributed by atoms with Gasteiger partial charge in [-0.15, -0.1) is 11.3 Å². The van der Waals surface area contributed by atoms with Crippen molar-refractivity contribution in [3.63, 3.8) is 0 Å². The molecule has 0 saturated carbocycles. The summed E-state index contributed by atoms with van der Waals surface area (Å²) >= 11 is 7.92. The zero-order valence-electron chi connectivity index (χ0n) is 8.74. The Morgan fingerprint density at radius 1 is 1.25 bits per heavy atom. The van der Waals surface area contributed by atoms with Gasteiger partial charge in [0.25, 0.3) is 0 Å². The molecule has 16 heavy (non-hydrogen) atoms. The van der Waals surface area contributed by atoms with Gasteiger partial charge in [0.1, 0.15) is 0 Å². The van der Waals surface area contributed by atoms with E-state index in [0.717, 1.165) is 17.9 Å². The molecule has 0 radical (unpaired) electrons. The fourth-order valence-corrected chi connectivity index (χ4v) is 3.41. The highest BCUT2D eigenvalue weighted by atomic mass is 35.5. The van der Waals surface area contributed by atoms with Crippen LogP contribution in [0, 0.1) is 0 Å². The minimum absolute atomic E-state index is 0.862. The molecule has 0 unspecified atom stereocenters. The molecule has 2 heteroatoms. The van der Waals surface area contributed by atoms with Gasteiger partial charge in [-0.2, -0.15) is 0 Å². The van der Waals surface area contributed by atoms with Crippen LogP contribution in [-0.4, -0.2) is 0 Å². The smallest absolute Gasteiger partial charge is 0.0584 e. The van der Waals surface area contributed by atoms with E-state index in [1.165, 1.54) is 21.2 Å². The third kappa shape index (κ3) is 1.60. The van der Waals surface area contributed by atoms with Gasteiger partial charge in [0.05, 0.1) is 9.72 Å². The molecule has 0 aliphatic heterocycles. The molecule has 0 atom stereocenters. The molecular formula is C14H11ClS. The number of hydrogen-bond acceptors (Lipinski definition) is 1. The van der Waals surface area contributed by atoms with Crippen LogP contribution in [0.2, 0.25) is 5.02 Å². The second kappa shape index (κ2) is 4.08. The van der Waals surface area contributed by atoms with E-state index in [4.69, 9.17) is 11.6 Å². The normalized spacial score (nSPS) is 15.4. The van der Waals surface area contributed by atoms with Crippen LogP contribution in [0.25, 0.3) is 15.7 Å². The molecule has 0 saturated heterocycles. The first-order chi connectivity index (χ1) is 7.86. The van der Waals surface area contributed by atoms with E-state index >= 15 is 0 Å². The van der Waals surface area contributed by atoms with Crippen LogP contribution in [0.15, 0.2) is 41.8 Å². The Kier molecular flexibility index (Phi) is 2.58. The van der Waals surface area contributed by atoms with Gasteiger partial charge < -0.3 is 0 Å². The first-order valence-electron chi connectivity index (χ1n) is 5.38. The van der Waals surface area contributed by atoms with Crippen LogP contribution < -0.4 is 0 Å². The van der Waals surface area contributed by atoms with Gasteiger partial charge in [0.2, 0.25) is 0 Å². The van der Waals surface area contributed by atoms with Crippen LogP contribution in [0.1, 0.15) is 18.4 Å². The Morgan fingerprint density at radius 3 is 3.00 bits per heavy atom. The highest BCUT2D eigenvalue weighted by Gasteiger charge is 2.10. The highest BCUT2D eigenvalue weighted by molar-refractivity contribution is 7.18. The lowest BCUT2D eigenvalue weighted by Gasteiger charge is -2.07. The summed E-state index contributed by atoms with van der Waals surface area (Å²) in [7, 11) is 0. The summed E-state index contributed by atoms with van der Waals surface area (Å²) < 4.78 is 1.20. The fourth-order valence-electron chi connectivity index (χ4n) is 2.10. The van der Waals surface area contributed by atoms with Crippen molar-refractivity contribution in [1.82, 2.24) is 0 Å². The number of fused-ring (bicyclic) bond motifs is 1. The van der Waals surface area contributed by atoms with Gasteiger partial charge in [-0.1, -0.05) is 42.0 Å². The Hall–Kier alpha value is -1.05. The monoisotopic (exact) mass is 246 g/mol. The van der Waals surface area contributed by atoms with Crippen molar-refractivity contribution < 1.29 is 0 Å². The molecule has 1 aliphatic carbocycles. The third-order valence-electron chi connectivity index (χ3n) is 2.91. The summed E-state index contributed by atoms with van der Waals surface area (Å²) in [5.74, 6) is 0. The lowest BCUT2D eigenvalue weighted by molar-refractivity contribution is 1.06. The summed E-state index contributed by atoms with van der Waals surface area (Å²) in [4.78, 5) is 0. The molecule has 0 amide bonds. The van der Waals surface area contributed by atoms with E-state index in [2.05, 4.69) is 29.7 Å². The third-order valence-corrected chi connectivity index (χ3v) is 4.37. The molecule has 0 bridgehead atoms. The average Bonchev–Trinajstić information content (AvgIpc) is 2.75. The van der Waals surface area contributed by atoms with Gasteiger partial charge in [-0.3, -0.25) is 0 Å². The molecular weight excluding hydrogens is 236 g/mol. The highest BCUT2D eigenvalue weighted by Crippen LogP contribution is 2.37. The molecule has 1 aliphatic rings. The number of benzene rings is 1. The maximum Gasteiger partial charge on any atom is 0.0584 e. The summed E-state index contributed by atoms with van der Waals surface area (Å²) in [6.07, 6.45) is 8.85. The fraction of sp³-hybridized carbons (Fsp3) is 0.143. The second-order valence-electron chi connectivity index (χ2n) is 3.92. The summed E-state index contributed by atoms with van der Waals surface area (Å²) in [6.45, 7) is 0. The molecule has 0 fully saturated rings. The lowest BCUT2D eigenvalue weighted by atomic mass is 9.97. The molecule has 80 valence electrons. The predicted octanol–water partition coefficient (Wildman–Crippen LogP) is 5.29. The summed E-state index contributed by atoms with van der Waals surface area (Å²) in [6, 6.07) is 6.14. The SMILES string of the molecule is Clc1cccc2c(C3=CC=CCC3)csc12. The minimum atomic E-state index is 0.862. The minimum Gasteiger partial charge on any atom is -0.142 e. The number of hydrogen-bond donors (Lipinski definition) is 0. The van der Waals surface area contributed by atoms with Crippen molar-refractivity contribution in [3.8, 4) is 0 Å². The Bertz CT molecular complexity index is 590. The largest absolute Gasteiger partial charge is 0.142 e. The Morgan fingerprint density at radius 2 is 2.19 bits per heavy atom. The van der Waals surface area contributed by atoms with E-state index < -0.39 is 0 Å². The van der Waals surface area contributed by atoms with Gasteiger partial charge >= 0.3 is 0 Å². The van der Waals surface area contributed by atoms with E-state index in [1.54, 1.807) is 11.3 Å². The van der Waals surface area contributed by atoms with E-state index in [0.29, 0.717) is 0 Å². The van der Waals surface area contributed by atoms with Crippen LogP contribution in [0.5, 0.6) is 0 Å². The number of rotatable bonds is 1. The molecule has 2 aromatic rings. The van der Waals surface area contributed by atoms with Gasteiger partial charge in [-0.05, 0) is 35.4 Å². The molecule has 3 rings (SSSR count). The number of halogens is 1. The maximum atomic E-state index is 6.19. The van der Waals surface area contributed by atoms with Crippen LogP contribution in [-0.2, 0) is 0 Å².